The number of carbonyl (C=O) groups excluding carboxylic acids is 1. The molecule has 1 amide bonds. The van der Waals surface area contributed by atoms with Crippen molar-refractivity contribution in [2.45, 2.75) is 25.8 Å². The molecule has 2 aromatic carbocycles. The van der Waals surface area contributed by atoms with Crippen LogP contribution in [-0.2, 0) is 13.0 Å². The van der Waals surface area contributed by atoms with Crippen molar-refractivity contribution in [3.8, 4) is 11.5 Å². The van der Waals surface area contributed by atoms with E-state index in [0.29, 0.717) is 36.1 Å². The third kappa shape index (κ3) is 4.43. The summed E-state index contributed by atoms with van der Waals surface area (Å²) in [4.78, 5) is 13.0. The van der Waals surface area contributed by atoms with Crippen LogP contribution in [0.3, 0.4) is 0 Å². The summed E-state index contributed by atoms with van der Waals surface area (Å²) in [7, 11) is 0. The molecule has 0 bridgehead atoms. The SMILES string of the molecule is O=C(Nc1ccc(F)cc1)c1nnn(CC2CCNCC2)c1Cc1ccc2c(c1)OCO2. The van der Waals surface area contributed by atoms with Gasteiger partial charge in [0.25, 0.3) is 5.91 Å². The topological polar surface area (TPSA) is 90.3 Å². The molecule has 1 saturated heterocycles. The van der Waals surface area contributed by atoms with Gasteiger partial charge in [0.1, 0.15) is 5.82 Å². The second kappa shape index (κ2) is 8.96. The van der Waals surface area contributed by atoms with Gasteiger partial charge in [-0.1, -0.05) is 11.3 Å². The van der Waals surface area contributed by atoms with E-state index in [1.807, 2.05) is 22.9 Å². The summed E-state index contributed by atoms with van der Waals surface area (Å²) in [5, 5.41) is 14.7. The van der Waals surface area contributed by atoms with E-state index in [2.05, 4.69) is 20.9 Å². The maximum Gasteiger partial charge on any atom is 0.278 e. The van der Waals surface area contributed by atoms with Gasteiger partial charge in [-0.15, -0.1) is 5.10 Å². The Hall–Kier alpha value is -3.46. The summed E-state index contributed by atoms with van der Waals surface area (Å²) in [6.07, 6.45) is 2.58. The Kier molecular flexibility index (Phi) is 5.72. The lowest BCUT2D eigenvalue weighted by Gasteiger charge is -2.23. The molecule has 3 heterocycles. The average molecular weight is 437 g/mol. The number of hydrogen-bond donors (Lipinski definition) is 2. The van der Waals surface area contributed by atoms with Crippen molar-refractivity contribution < 1.29 is 18.7 Å². The second-order valence-electron chi connectivity index (χ2n) is 8.09. The highest BCUT2D eigenvalue weighted by atomic mass is 19.1. The molecule has 0 spiro atoms. The van der Waals surface area contributed by atoms with Crippen LogP contribution in [0.5, 0.6) is 11.5 Å². The third-order valence-electron chi connectivity index (χ3n) is 5.85. The molecular formula is C23H24FN5O3. The molecule has 9 heteroatoms. The van der Waals surface area contributed by atoms with Crippen LogP contribution in [-0.4, -0.2) is 40.8 Å². The van der Waals surface area contributed by atoms with Gasteiger partial charge in [-0.3, -0.25) is 4.79 Å². The lowest BCUT2D eigenvalue weighted by Crippen LogP contribution is -2.30. The van der Waals surface area contributed by atoms with Gasteiger partial charge in [0.2, 0.25) is 6.79 Å². The van der Waals surface area contributed by atoms with Crippen LogP contribution in [0.4, 0.5) is 10.1 Å². The Morgan fingerprint density at radius 3 is 2.72 bits per heavy atom. The zero-order valence-electron chi connectivity index (χ0n) is 17.5. The molecule has 1 fully saturated rings. The van der Waals surface area contributed by atoms with Crippen LogP contribution >= 0.6 is 0 Å². The summed E-state index contributed by atoms with van der Waals surface area (Å²) >= 11 is 0. The Balaban J connectivity index is 1.42. The molecule has 0 radical (unpaired) electrons. The zero-order chi connectivity index (χ0) is 21.9. The maximum absolute atomic E-state index is 13.2. The van der Waals surface area contributed by atoms with Crippen LogP contribution in [0.25, 0.3) is 0 Å². The van der Waals surface area contributed by atoms with E-state index < -0.39 is 0 Å². The van der Waals surface area contributed by atoms with Crippen molar-refractivity contribution >= 4 is 11.6 Å². The number of anilines is 1. The summed E-state index contributed by atoms with van der Waals surface area (Å²) in [6.45, 7) is 2.88. The highest BCUT2D eigenvalue weighted by molar-refractivity contribution is 6.03. The van der Waals surface area contributed by atoms with Crippen LogP contribution in [0.1, 0.15) is 34.6 Å². The molecule has 32 heavy (non-hydrogen) atoms. The van der Waals surface area contributed by atoms with Gasteiger partial charge >= 0.3 is 0 Å². The van der Waals surface area contributed by atoms with Gasteiger partial charge in [-0.2, -0.15) is 0 Å². The lowest BCUT2D eigenvalue weighted by atomic mass is 9.98. The largest absolute Gasteiger partial charge is 0.454 e. The number of hydrogen-bond acceptors (Lipinski definition) is 6. The molecule has 2 N–H and O–H groups in total. The summed E-state index contributed by atoms with van der Waals surface area (Å²) in [6, 6.07) is 11.4. The summed E-state index contributed by atoms with van der Waals surface area (Å²) in [5.74, 6) is 1.14. The highest BCUT2D eigenvalue weighted by Gasteiger charge is 2.24. The number of amides is 1. The first kappa shape index (κ1) is 20.4. The van der Waals surface area contributed by atoms with Crippen molar-refractivity contribution in [2.24, 2.45) is 5.92 Å². The minimum Gasteiger partial charge on any atom is -0.454 e. The molecular weight excluding hydrogens is 413 g/mol. The zero-order valence-corrected chi connectivity index (χ0v) is 17.5. The van der Waals surface area contributed by atoms with Crippen LogP contribution in [0.15, 0.2) is 42.5 Å². The van der Waals surface area contributed by atoms with Crippen LogP contribution in [0.2, 0.25) is 0 Å². The van der Waals surface area contributed by atoms with Crippen LogP contribution in [0, 0.1) is 11.7 Å². The van der Waals surface area contributed by atoms with Gasteiger partial charge in [-0.05, 0) is 73.8 Å². The quantitative estimate of drug-likeness (QED) is 0.616. The normalized spacial score (nSPS) is 15.7. The van der Waals surface area contributed by atoms with Crippen molar-refractivity contribution in [1.82, 2.24) is 20.3 Å². The van der Waals surface area contributed by atoms with E-state index >= 15 is 0 Å². The van der Waals surface area contributed by atoms with Crippen molar-refractivity contribution in [3.63, 3.8) is 0 Å². The lowest BCUT2D eigenvalue weighted by molar-refractivity contribution is 0.102. The number of fused-ring (bicyclic) bond motifs is 1. The average Bonchev–Trinajstić information content (AvgIpc) is 3.43. The monoisotopic (exact) mass is 437 g/mol. The second-order valence-corrected chi connectivity index (χ2v) is 8.09. The number of rotatable bonds is 6. The molecule has 8 nitrogen and oxygen atoms in total. The molecule has 3 aromatic rings. The fraction of sp³-hybridized carbons (Fsp3) is 0.348. The van der Waals surface area contributed by atoms with E-state index in [4.69, 9.17) is 9.47 Å². The first-order valence-electron chi connectivity index (χ1n) is 10.7. The number of piperidine rings is 1. The van der Waals surface area contributed by atoms with Gasteiger partial charge < -0.3 is 20.1 Å². The standard InChI is InChI=1S/C23H24FN5O3/c24-17-2-4-18(5-3-17)26-23(30)22-19(11-16-1-6-20-21(12-16)32-14-31-20)29(28-27-22)13-15-7-9-25-10-8-15/h1-6,12,15,25H,7-11,13-14H2,(H,26,30). The molecule has 1 aromatic heterocycles. The minimum absolute atomic E-state index is 0.208. The van der Waals surface area contributed by atoms with E-state index in [9.17, 15) is 9.18 Å². The van der Waals surface area contributed by atoms with Gasteiger partial charge in [0.15, 0.2) is 17.2 Å². The van der Waals surface area contributed by atoms with E-state index in [1.165, 1.54) is 24.3 Å². The van der Waals surface area contributed by atoms with E-state index in [-0.39, 0.29) is 24.2 Å². The molecule has 166 valence electrons. The predicted molar refractivity (Wildman–Crippen MR) is 115 cm³/mol. The molecule has 0 saturated carbocycles. The fourth-order valence-electron chi connectivity index (χ4n) is 4.11. The Morgan fingerprint density at radius 2 is 1.91 bits per heavy atom. The van der Waals surface area contributed by atoms with Crippen molar-refractivity contribution in [2.75, 3.05) is 25.2 Å². The molecule has 0 aliphatic carbocycles. The number of ether oxygens (including phenoxy) is 2. The third-order valence-corrected chi connectivity index (χ3v) is 5.85. The smallest absolute Gasteiger partial charge is 0.278 e. The first-order valence-corrected chi connectivity index (χ1v) is 10.7. The van der Waals surface area contributed by atoms with Gasteiger partial charge in [-0.25, -0.2) is 9.07 Å². The summed E-state index contributed by atoms with van der Waals surface area (Å²) in [5.41, 5.74) is 2.47. The number of benzene rings is 2. The molecule has 0 atom stereocenters. The maximum atomic E-state index is 13.2. The van der Waals surface area contributed by atoms with Gasteiger partial charge in [0, 0.05) is 18.7 Å². The first-order chi connectivity index (χ1) is 15.7. The number of aromatic nitrogens is 3. The number of nitrogens with zero attached hydrogens (tertiary/aromatic N) is 3. The molecule has 5 rings (SSSR count). The summed E-state index contributed by atoms with van der Waals surface area (Å²) < 4.78 is 26.0. The van der Waals surface area contributed by atoms with Crippen molar-refractivity contribution in [1.29, 1.82) is 0 Å². The highest BCUT2D eigenvalue weighted by Crippen LogP contribution is 2.33. The Morgan fingerprint density at radius 1 is 1.12 bits per heavy atom. The molecule has 2 aliphatic heterocycles. The number of halogens is 1. The predicted octanol–water partition coefficient (Wildman–Crippen LogP) is 2.99. The van der Waals surface area contributed by atoms with E-state index in [0.717, 1.165) is 37.2 Å². The Labute approximate surface area is 184 Å². The van der Waals surface area contributed by atoms with E-state index in [1.54, 1.807) is 0 Å². The number of carbonyl (C=O) groups is 1. The van der Waals surface area contributed by atoms with Gasteiger partial charge in [0.05, 0.1) is 5.69 Å². The fourth-order valence-corrected chi connectivity index (χ4v) is 4.11. The van der Waals surface area contributed by atoms with Crippen LogP contribution < -0.4 is 20.1 Å². The Bertz CT molecular complexity index is 1110. The number of nitrogens with one attached hydrogen (secondary N) is 2. The minimum atomic E-state index is -0.371. The van der Waals surface area contributed by atoms with Crippen molar-refractivity contribution in [3.05, 3.63) is 65.2 Å². The molecule has 2 aliphatic rings. The molecule has 0 unspecified atom stereocenters.